The molecule has 7 nitrogen and oxygen atoms in total. The number of ether oxygens (including phenoxy) is 3. The molecule has 0 saturated heterocycles. The van der Waals surface area contributed by atoms with Crippen molar-refractivity contribution in [2.45, 2.75) is 20.0 Å². The van der Waals surface area contributed by atoms with Gasteiger partial charge in [-0.25, -0.2) is 14.4 Å². The Morgan fingerprint density at radius 1 is 0.758 bits per heavy atom. The maximum Gasteiger partial charge on any atom is 0.383 e. The minimum absolute atomic E-state index is 0.101. The van der Waals surface area contributed by atoms with E-state index in [4.69, 9.17) is 18.6 Å². The summed E-state index contributed by atoms with van der Waals surface area (Å²) in [5.74, 6) is -1.77. The van der Waals surface area contributed by atoms with Crippen LogP contribution < -0.4 is 19.8 Å². The quantitative estimate of drug-likeness (QED) is 0.305. The molecule has 0 aliphatic rings. The highest BCUT2D eigenvalue weighted by Gasteiger charge is 2.24. The molecule has 0 atom stereocenters. The highest BCUT2D eigenvalue weighted by atomic mass is 16.6. The second-order valence-electron chi connectivity index (χ2n) is 7.38. The summed E-state index contributed by atoms with van der Waals surface area (Å²) in [4.78, 5) is 38.2. The van der Waals surface area contributed by atoms with Crippen LogP contribution in [0, 0.1) is 0 Å². The standard InChI is InChI=1S/C26H20O7/c1-16(2)30-19-13-14-20-21(15-19)31-26(29)23(33-25(28)18-11-7-4-8-12-18)22(20)32-24(27)17-9-5-3-6-10-17/h3-16H,1-2H3. The van der Waals surface area contributed by atoms with Crippen molar-refractivity contribution < 1.29 is 28.2 Å². The molecule has 4 rings (SSSR count). The van der Waals surface area contributed by atoms with Crippen molar-refractivity contribution in [2.75, 3.05) is 0 Å². The monoisotopic (exact) mass is 444 g/mol. The summed E-state index contributed by atoms with van der Waals surface area (Å²) in [5.41, 5.74) is -0.366. The van der Waals surface area contributed by atoms with Gasteiger partial charge in [0.15, 0.2) is 5.75 Å². The molecule has 3 aromatic carbocycles. The van der Waals surface area contributed by atoms with E-state index in [1.165, 1.54) is 18.2 Å². The maximum atomic E-state index is 12.8. The van der Waals surface area contributed by atoms with Crippen molar-refractivity contribution in [2.24, 2.45) is 0 Å². The second-order valence-corrected chi connectivity index (χ2v) is 7.38. The van der Waals surface area contributed by atoms with Crippen LogP contribution in [0.1, 0.15) is 34.6 Å². The van der Waals surface area contributed by atoms with Crippen LogP contribution in [0.3, 0.4) is 0 Å². The molecule has 7 heteroatoms. The van der Waals surface area contributed by atoms with Crippen LogP contribution in [-0.4, -0.2) is 18.0 Å². The number of carbonyl (C=O) groups is 2. The van der Waals surface area contributed by atoms with Crippen LogP contribution in [-0.2, 0) is 0 Å². The van der Waals surface area contributed by atoms with Gasteiger partial charge in [-0.2, -0.15) is 0 Å². The summed E-state index contributed by atoms with van der Waals surface area (Å²) >= 11 is 0. The Labute approximate surface area is 189 Å². The molecule has 166 valence electrons. The molecular weight excluding hydrogens is 424 g/mol. The van der Waals surface area contributed by atoms with Crippen molar-refractivity contribution in [1.29, 1.82) is 0 Å². The van der Waals surface area contributed by atoms with E-state index in [2.05, 4.69) is 0 Å². The fraction of sp³-hybridized carbons (Fsp3) is 0.115. The van der Waals surface area contributed by atoms with Crippen LogP contribution in [0.5, 0.6) is 17.2 Å². The van der Waals surface area contributed by atoms with Gasteiger partial charge in [-0.1, -0.05) is 36.4 Å². The fourth-order valence-corrected chi connectivity index (χ4v) is 3.12. The SMILES string of the molecule is CC(C)Oc1ccc2c(OC(=O)c3ccccc3)c(OC(=O)c3ccccc3)c(=O)oc2c1. The lowest BCUT2D eigenvalue weighted by atomic mass is 10.2. The topological polar surface area (TPSA) is 92.0 Å². The molecule has 1 aromatic heterocycles. The zero-order valence-corrected chi connectivity index (χ0v) is 17.9. The van der Waals surface area contributed by atoms with Crippen LogP contribution in [0.2, 0.25) is 0 Å². The Kier molecular flexibility index (Phi) is 6.22. The minimum atomic E-state index is -0.968. The van der Waals surface area contributed by atoms with Gasteiger partial charge in [-0.3, -0.25) is 0 Å². The predicted octanol–water partition coefficient (Wildman–Crippen LogP) is 5.02. The van der Waals surface area contributed by atoms with Crippen LogP contribution >= 0.6 is 0 Å². The molecule has 0 bridgehead atoms. The van der Waals surface area contributed by atoms with Crippen LogP contribution in [0.25, 0.3) is 11.0 Å². The number of fused-ring (bicyclic) bond motifs is 1. The normalized spacial score (nSPS) is 10.8. The highest BCUT2D eigenvalue weighted by Crippen LogP contribution is 2.35. The van der Waals surface area contributed by atoms with E-state index in [0.717, 1.165) is 0 Å². The van der Waals surface area contributed by atoms with E-state index in [1.54, 1.807) is 60.7 Å². The molecule has 1 heterocycles. The fourth-order valence-electron chi connectivity index (χ4n) is 3.12. The van der Waals surface area contributed by atoms with Gasteiger partial charge in [0, 0.05) is 6.07 Å². The first kappa shape index (κ1) is 21.8. The lowest BCUT2D eigenvalue weighted by Crippen LogP contribution is -2.18. The number of esters is 2. The van der Waals surface area contributed by atoms with E-state index in [0.29, 0.717) is 5.75 Å². The largest absolute Gasteiger partial charge is 0.491 e. The molecule has 0 aliphatic heterocycles. The molecule has 33 heavy (non-hydrogen) atoms. The minimum Gasteiger partial charge on any atom is -0.491 e. The van der Waals surface area contributed by atoms with Crippen molar-refractivity contribution >= 4 is 22.9 Å². The highest BCUT2D eigenvalue weighted by molar-refractivity contribution is 5.97. The van der Waals surface area contributed by atoms with E-state index in [9.17, 15) is 14.4 Å². The number of benzene rings is 3. The molecule has 0 N–H and O–H groups in total. The molecule has 0 amide bonds. The summed E-state index contributed by atoms with van der Waals surface area (Å²) in [6.07, 6.45) is -0.101. The summed E-state index contributed by atoms with van der Waals surface area (Å²) < 4.78 is 21.9. The third-order valence-corrected chi connectivity index (χ3v) is 4.57. The van der Waals surface area contributed by atoms with Crippen molar-refractivity contribution in [3.63, 3.8) is 0 Å². The Morgan fingerprint density at radius 3 is 1.85 bits per heavy atom. The Bertz CT molecular complexity index is 1360. The zero-order valence-electron chi connectivity index (χ0n) is 17.9. The number of hydrogen-bond acceptors (Lipinski definition) is 7. The number of hydrogen-bond donors (Lipinski definition) is 0. The first-order chi connectivity index (χ1) is 15.9. The summed E-state index contributed by atoms with van der Waals surface area (Å²) in [7, 11) is 0. The summed E-state index contributed by atoms with van der Waals surface area (Å²) in [5, 5.41) is 0.269. The number of carbonyl (C=O) groups excluding carboxylic acids is 2. The van der Waals surface area contributed by atoms with Crippen LogP contribution in [0.15, 0.2) is 88.1 Å². The van der Waals surface area contributed by atoms with E-state index in [-0.39, 0.29) is 33.9 Å². The van der Waals surface area contributed by atoms with Crippen molar-refractivity contribution in [3.8, 4) is 17.2 Å². The third-order valence-electron chi connectivity index (χ3n) is 4.57. The van der Waals surface area contributed by atoms with E-state index >= 15 is 0 Å². The van der Waals surface area contributed by atoms with E-state index < -0.39 is 23.3 Å². The molecule has 0 fully saturated rings. The average molecular weight is 444 g/mol. The third kappa shape index (κ3) is 4.93. The lowest BCUT2D eigenvalue weighted by Gasteiger charge is -2.14. The van der Waals surface area contributed by atoms with Gasteiger partial charge >= 0.3 is 17.6 Å². The van der Waals surface area contributed by atoms with Gasteiger partial charge in [0.05, 0.1) is 22.6 Å². The van der Waals surface area contributed by atoms with Gasteiger partial charge in [0.25, 0.3) is 5.75 Å². The van der Waals surface area contributed by atoms with Gasteiger partial charge in [0.1, 0.15) is 11.3 Å². The summed E-state index contributed by atoms with van der Waals surface area (Å²) in [6, 6.07) is 21.1. The molecular formula is C26H20O7. The first-order valence-electron chi connectivity index (χ1n) is 10.2. The molecule has 0 aliphatic carbocycles. The van der Waals surface area contributed by atoms with Gasteiger partial charge in [-0.15, -0.1) is 0 Å². The Hall–Kier alpha value is -4.39. The van der Waals surface area contributed by atoms with Gasteiger partial charge in [0.2, 0.25) is 0 Å². The Morgan fingerprint density at radius 2 is 1.30 bits per heavy atom. The van der Waals surface area contributed by atoms with Crippen molar-refractivity contribution in [3.05, 3.63) is 100 Å². The van der Waals surface area contributed by atoms with Gasteiger partial charge in [-0.05, 0) is 50.2 Å². The molecule has 0 saturated carbocycles. The maximum absolute atomic E-state index is 12.8. The molecule has 0 spiro atoms. The smallest absolute Gasteiger partial charge is 0.383 e. The van der Waals surface area contributed by atoms with Crippen LogP contribution in [0.4, 0.5) is 0 Å². The molecule has 0 unspecified atom stereocenters. The lowest BCUT2D eigenvalue weighted by molar-refractivity contribution is 0.0678. The van der Waals surface area contributed by atoms with Gasteiger partial charge < -0.3 is 18.6 Å². The number of rotatable bonds is 6. The second kappa shape index (κ2) is 9.40. The Balaban J connectivity index is 1.81. The molecule has 4 aromatic rings. The average Bonchev–Trinajstić information content (AvgIpc) is 2.81. The zero-order chi connectivity index (χ0) is 23.4. The first-order valence-corrected chi connectivity index (χ1v) is 10.2. The van der Waals surface area contributed by atoms with Crippen molar-refractivity contribution in [1.82, 2.24) is 0 Å². The predicted molar refractivity (Wildman–Crippen MR) is 121 cm³/mol. The van der Waals surface area contributed by atoms with E-state index in [1.807, 2.05) is 13.8 Å². The summed E-state index contributed by atoms with van der Waals surface area (Å²) in [6.45, 7) is 3.72. The molecule has 0 radical (unpaired) electrons.